The second kappa shape index (κ2) is 6.82. The fourth-order valence-corrected chi connectivity index (χ4v) is 1.70. The molecule has 0 aromatic carbocycles. The van der Waals surface area contributed by atoms with E-state index in [1.54, 1.807) is 0 Å². The quantitative estimate of drug-likeness (QED) is 0.541. The van der Waals surface area contributed by atoms with Gasteiger partial charge in [0.25, 0.3) is 0 Å². The Balaban J connectivity index is 2.07. The maximum atomic E-state index is 11.5. The smallest absolute Gasteiger partial charge is 0.310 e. The van der Waals surface area contributed by atoms with Crippen molar-refractivity contribution in [1.82, 2.24) is 5.32 Å². The van der Waals surface area contributed by atoms with Crippen LogP contribution in [0, 0.1) is 5.92 Å². The summed E-state index contributed by atoms with van der Waals surface area (Å²) in [5.41, 5.74) is 0. The molecule has 0 radical (unpaired) electrons. The first-order valence-corrected chi connectivity index (χ1v) is 5.72. The molecule has 0 amide bonds. The molecule has 0 unspecified atom stereocenters. The Bertz CT molecular complexity index is 165. The summed E-state index contributed by atoms with van der Waals surface area (Å²) < 4.78 is 5.20. The van der Waals surface area contributed by atoms with E-state index in [0.717, 1.165) is 38.8 Å². The van der Waals surface area contributed by atoms with Crippen molar-refractivity contribution in [2.45, 2.75) is 39.0 Å². The molecule has 1 rings (SSSR count). The summed E-state index contributed by atoms with van der Waals surface area (Å²) in [5.74, 6) is 0.0960. The van der Waals surface area contributed by atoms with Crippen molar-refractivity contribution in [3.8, 4) is 0 Å². The average molecular weight is 199 g/mol. The van der Waals surface area contributed by atoms with E-state index in [1.807, 2.05) is 0 Å². The van der Waals surface area contributed by atoms with Crippen LogP contribution in [0.2, 0.25) is 0 Å². The van der Waals surface area contributed by atoms with Gasteiger partial charge in [-0.3, -0.25) is 4.79 Å². The number of hydrogen-bond donors (Lipinski definition) is 1. The molecule has 1 saturated heterocycles. The molecule has 82 valence electrons. The minimum atomic E-state index is -0.00620. The van der Waals surface area contributed by atoms with E-state index in [1.165, 1.54) is 6.42 Å². The summed E-state index contributed by atoms with van der Waals surface area (Å²) in [7, 11) is 0. The summed E-state index contributed by atoms with van der Waals surface area (Å²) in [6.07, 6.45) is 5.40. The molecule has 0 bridgehead atoms. The number of rotatable bonds is 5. The lowest BCUT2D eigenvalue weighted by molar-refractivity contribution is -0.149. The third-order valence-corrected chi connectivity index (χ3v) is 2.62. The standard InChI is InChI=1S/C11H21NO2/c1-2-3-4-8-14-11(13)10-6-5-7-12-9-10/h10,12H,2-9H2,1H3/t10-/m0/s1. The minimum absolute atomic E-state index is 0.00620. The summed E-state index contributed by atoms with van der Waals surface area (Å²) in [5, 5.41) is 3.22. The molecule has 1 fully saturated rings. The molecule has 1 N–H and O–H groups in total. The fraction of sp³-hybridized carbons (Fsp3) is 0.909. The molecule has 1 aliphatic rings. The van der Waals surface area contributed by atoms with Crippen molar-refractivity contribution in [2.75, 3.05) is 19.7 Å². The van der Waals surface area contributed by atoms with Crippen LogP contribution in [0.25, 0.3) is 0 Å². The molecule has 0 aromatic heterocycles. The second-order valence-corrected chi connectivity index (χ2v) is 3.92. The van der Waals surface area contributed by atoms with Crippen molar-refractivity contribution in [2.24, 2.45) is 5.92 Å². The van der Waals surface area contributed by atoms with Crippen molar-refractivity contribution < 1.29 is 9.53 Å². The van der Waals surface area contributed by atoms with E-state index in [9.17, 15) is 4.79 Å². The summed E-state index contributed by atoms with van der Waals surface area (Å²) in [4.78, 5) is 11.5. The van der Waals surface area contributed by atoms with Crippen LogP contribution in [-0.4, -0.2) is 25.7 Å². The predicted octanol–water partition coefficient (Wildman–Crippen LogP) is 1.72. The van der Waals surface area contributed by atoms with Gasteiger partial charge in [-0.1, -0.05) is 19.8 Å². The van der Waals surface area contributed by atoms with E-state index in [0.29, 0.717) is 6.61 Å². The Hall–Kier alpha value is -0.570. The van der Waals surface area contributed by atoms with Gasteiger partial charge < -0.3 is 10.1 Å². The van der Waals surface area contributed by atoms with Crippen LogP contribution in [0.1, 0.15) is 39.0 Å². The number of ether oxygens (including phenoxy) is 1. The van der Waals surface area contributed by atoms with Crippen molar-refractivity contribution >= 4 is 5.97 Å². The molecular formula is C11H21NO2. The first kappa shape index (κ1) is 11.5. The molecule has 0 aliphatic carbocycles. The maximum Gasteiger partial charge on any atom is 0.310 e. The Morgan fingerprint density at radius 1 is 1.50 bits per heavy atom. The first-order valence-electron chi connectivity index (χ1n) is 5.72. The van der Waals surface area contributed by atoms with Gasteiger partial charge in [0.2, 0.25) is 0 Å². The molecule has 3 nitrogen and oxygen atoms in total. The zero-order valence-corrected chi connectivity index (χ0v) is 9.05. The highest BCUT2D eigenvalue weighted by Crippen LogP contribution is 2.11. The second-order valence-electron chi connectivity index (χ2n) is 3.92. The lowest BCUT2D eigenvalue weighted by atomic mass is 10.0. The van der Waals surface area contributed by atoms with E-state index in [4.69, 9.17) is 4.74 Å². The van der Waals surface area contributed by atoms with Crippen LogP contribution in [0.15, 0.2) is 0 Å². The van der Waals surface area contributed by atoms with Gasteiger partial charge in [-0.25, -0.2) is 0 Å². The van der Waals surface area contributed by atoms with E-state index in [-0.39, 0.29) is 11.9 Å². The van der Waals surface area contributed by atoms with Crippen LogP contribution in [0.3, 0.4) is 0 Å². The van der Waals surface area contributed by atoms with Gasteiger partial charge in [-0.2, -0.15) is 0 Å². The van der Waals surface area contributed by atoms with Crippen molar-refractivity contribution in [1.29, 1.82) is 0 Å². The van der Waals surface area contributed by atoms with E-state index < -0.39 is 0 Å². The highest BCUT2D eigenvalue weighted by Gasteiger charge is 2.21. The van der Waals surface area contributed by atoms with Crippen molar-refractivity contribution in [3.63, 3.8) is 0 Å². The lowest BCUT2D eigenvalue weighted by Crippen LogP contribution is -2.35. The number of esters is 1. The van der Waals surface area contributed by atoms with Gasteiger partial charge >= 0.3 is 5.97 Å². The average Bonchev–Trinajstić information content (AvgIpc) is 2.25. The molecule has 0 spiro atoms. The number of carbonyl (C=O) groups is 1. The molecular weight excluding hydrogens is 178 g/mol. The number of carbonyl (C=O) groups excluding carboxylic acids is 1. The van der Waals surface area contributed by atoms with Crippen LogP contribution >= 0.6 is 0 Å². The van der Waals surface area contributed by atoms with E-state index in [2.05, 4.69) is 12.2 Å². The molecule has 1 aliphatic heterocycles. The number of nitrogens with one attached hydrogen (secondary N) is 1. The summed E-state index contributed by atoms with van der Waals surface area (Å²) >= 11 is 0. The normalized spacial score (nSPS) is 21.9. The first-order chi connectivity index (χ1) is 6.84. The Kier molecular flexibility index (Phi) is 5.60. The largest absolute Gasteiger partial charge is 0.465 e. The monoisotopic (exact) mass is 199 g/mol. The third kappa shape index (κ3) is 4.09. The number of unbranched alkanes of at least 4 members (excludes halogenated alkanes) is 2. The fourth-order valence-electron chi connectivity index (χ4n) is 1.70. The zero-order chi connectivity index (χ0) is 10.2. The summed E-state index contributed by atoms with van der Waals surface area (Å²) in [6, 6.07) is 0. The van der Waals surface area contributed by atoms with Gasteiger partial charge in [0.05, 0.1) is 12.5 Å². The number of hydrogen-bond acceptors (Lipinski definition) is 3. The van der Waals surface area contributed by atoms with Crippen LogP contribution in [-0.2, 0) is 9.53 Å². The molecule has 14 heavy (non-hydrogen) atoms. The SMILES string of the molecule is CCCCCOC(=O)[C@H]1CCCNC1. The van der Waals surface area contributed by atoms with Gasteiger partial charge in [0.1, 0.15) is 0 Å². The highest BCUT2D eigenvalue weighted by molar-refractivity contribution is 5.72. The lowest BCUT2D eigenvalue weighted by Gasteiger charge is -2.20. The molecule has 1 atom stereocenters. The van der Waals surface area contributed by atoms with Gasteiger partial charge in [0, 0.05) is 6.54 Å². The Morgan fingerprint density at radius 2 is 2.36 bits per heavy atom. The Labute approximate surface area is 86.2 Å². The predicted molar refractivity (Wildman–Crippen MR) is 56.1 cm³/mol. The van der Waals surface area contributed by atoms with Gasteiger partial charge in [0.15, 0.2) is 0 Å². The van der Waals surface area contributed by atoms with Crippen LogP contribution in [0.4, 0.5) is 0 Å². The third-order valence-electron chi connectivity index (χ3n) is 2.62. The zero-order valence-electron chi connectivity index (χ0n) is 9.05. The summed E-state index contributed by atoms with van der Waals surface area (Å²) in [6.45, 7) is 4.59. The maximum absolute atomic E-state index is 11.5. The molecule has 0 aromatic rings. The topological polar surface area (TPSA) is 38.3 Å². The van der Waals surface area contributed by atoms with Gasteiger partial charge in [-0.15, -0.1) is 0 Å². The molecule has 3 heteroatoms. The highest BCUT2D eigenvalue weighted by atomic mass is 16.5. The van der Waals surface area contributed by atoms with Crippen LogP contribution < -0.4 is 5.32 Å². The number of piperidine rings is 1. The minimum Gasteiger partial charge on any atom is -0.465 e. The molecule has 0 saturated carbocycles. The van der Waals surface area contributed by atoms with Crippen molar-refractivity contribution in [3.05, 3.63) is 0 Å². The molecule has 1 heterocycles. The van der Waals surface area contributed by atoms with Gasteiger partial charge in [-0.05, 0) is 25.8 Å². The Morgan fingerprint density at radius 3 is 3.00 bits per heavy atom. The van der Waals surface area contributed by atoms with Crippen LogP contribution in [0.5, 0.6) is 0 Å². The van der Waals surface area contributed by atoms with E-state index >= 15 is 0 Å².